The maximum atomic E-state index is 11.7. The van der Waals surface area contributed by atoms with Crippen LogP contribution in [0.2, 0.25) is 0 Å². The lowest BCUT2D eigenvalue weighted by atomic mass is 9.96. The number of nitrogens with zero attached hydrogens (tertiary/aromatic N) is 1. The van der Waals surface area contributed by atoms with Crippen molar-refractivity contribution >= 4 is 24.3 Å². The summed E-state index contributed by atoms with van der Waals surface area (Å²) in [5.74, 6) is -0.248. The molecule has 1 atom stereocenters. The van der Waals surface area contributed by atoms with Crippen molar-refractivity contribution in [1.82, 2.24) is 15.5 Å². The van der Waals surface area contributed by atoms with Crippen LogP contribution >= 0.6 is 12.4 Å². The van der Waals surface area contributed by atoms with Crippen LogP contribution in [0.25, 0.3) is 0 Å². The number of carbonyl (C=O) groups excluding carboxylic acids is 2. The average Bonchev–Trinajstić information content (AvgIpc) is 2.75. The van der Waals surface area contributed by atoms with Crippen LogP contribution in [0.4, 0.5) is 4.79 Å². The summed E-state index contributed by atoms with van der Waals surface area (Å²) in [7, 11) is 0. The number of likely N-dealkylation sites (tertiary alicyclic amines) is 1. The molecule has 7 heteroatoms. The molecule has 1 aliphatic heterocycles. The minimum absolute atomic E-state index is 0. The van der Waals surface area contributed by atoms with Crippen molar-refractivity contribution in [3.05, 3.63) is 0 Å². The maximum absolute atomic E-state index is 11.7. The van der Waals surface area contributed by atoms with Crippen LogP contribution in [0.15, 0.2) is 0 Å². The summed E-state index contributed by atoms with van der Waals surface area (Å²) >= 11 is 0. The lowest BCUT2D eigenvalue weighted by molar-refractivity contribution is -0.120. The number of rotatable bonds is 3. The first-order chi connectivity index (χ1) is 9.13. The molecule has 0 spiro atoms. The fraction of sp³-hybridized carbons (Fsp3) is 0.846. The van der Waals surface area contributed by atoms with E-state index in [1.54, 1.807) is 0 Å². The van der Waals surface area contributed by atoms with Gasteiger partial charge in [-0.05, 0) is 19.3 Å². The minimum atomic E-state index is -0.361. The van der Waals surface area contributed by atoms with Gasteiger partial charge in [-0.2, -0.15) is 0 Å². The molecule has 20 heavy (non-hydrogen) atoms. The number of nitrogens with one attached hydrogen (secondary N) is 2. The Morgan fingerprint density at radius 3 is 2.45 bits per heavy atom. The zero-order valence-corrected chi connectivity index (χ0v) is 12.6. The van der Waals surface area contributed by atoms with Crippen molar-refractivity contribution in [2.45, 2.75) is 50.6 Å². The molecule has 0 aromatic heterocycles. The number of urea groups is 1. The van der Waals surface area contributed by atoms with Crippen molar-refractivity contribution in [1.29, 1.82) is 0 Å². The molecule has 6 nitrogen and oxygen atoms in total. The Bertz CT molecular complexity index is 318. The first-order valence-electron chi connectivity index (χ1n) is 7.22. The van der Waals surface area contributed by atoms with E-state index in [9.17, 15) is 9.59 Å². The first kappa shape index (κ1) is 17.2. The largest absolute Gasteiger partial charge is 0.335 e. The summed E-state index contributed by atoms with van der Waals surface area (Å²) in [5, 5.41) is 5.27. The Kier molecular flexibility index (Phi) is 7.26. The third kappa shape index (κ3) is 5.64. The van der Waals surface area contributed by atoms with E-state index in [-0.39, 0.29) is 43.0 Å². The van der Waals surface area contributed by atoms with Gasteiger partial charge in [0.05, 0.1) is 6.54 Å². The minimum Gasteiger partial charge on any atom is -0.335 e. The van der Waals surface area contributed by atoms with Gasteiger partial charge >= 0.3 is 6.03 Å². The fourth-order valence-electron chi connectivity index (χ4n) is 2.84. The summed E-state index contributed by atoms with van der Waals surface area (Å²) in [4.78, 5) is 25.4. The molecule has 4 N–H and O–H groups in total. The van der Waals surface area contributed by atoms with E-state index in [0.717, 1.165) is 45.2 Å². The third-order valence-corrected chi connectivity index (χ3v) is 3.87. The van der Waals surface area contributed by atoms with Gasteiger partial charge in [-0.3, -0.25) is 15.0 Å². The lowest BCUT2D eigenvalue weighted by Gasteiger charge is -2.23. The number of imide groups is 1. The third-order valence-electron chi connectivity index (χ3n) is 3.87. The van der Waals surface area contributed by atoms with Crippen LogP contribution in [0, 0.1) is 0 Å². The van der Waals surface area contributed by atoms with Gasteiger partial charge in [-0.1, -0.05) is 19.3 Å². The van der Waals surface area contributed by atoms with Gasteiger partial charge in [-0.15, -0.1) is 12.4 Å². The van der Waals surface area contributed by atoms with E-state index in [2.05, 4.69) is 10.6 Å². The molecule has 2 rings (SSSR count). The quantitative estimate of drug-likeness (QED) is 0.712. The normalized spacial score (nSPS) is 23.9. The van der Waals surface area contributed by atoms with E-state index in [4.69, 9.17) is 5.73 Å². The van der Waals surface area contributed by atoms with Gasteiger partial charge in [0, 0.05) is 25.2 Å². The second-order valence-electron chi connectivity index (χ2n) is 5.64. The predicted molar refractivity (Wildman–Crippen MR) is 79.8 cm³/mol. The number of nitrogens with two attached hydrogens (primary N) is 1. The highest BCUT2D eigenvalue weighted by molar-refractivity contribution is 5.95. The van der Waals surface area contributed by atoms with Gasteiger partial charge in [0.15, 0.2) is 0 Å². The van der Waals surface area contributed by atoms with Crippen molar-refractivity contribution in [3.63, 3.8) is 0 Å². The van der Waals surface area contributed by atoms with Crippen LogP contribution in [-0.4, -0.2) is 48.6 Å². The highest BCUT2D eigenvalue weighted by Gasteiger charge is 2.22. The van der Waals surface area contributed by atoms with E-state index >= 15 is 0 Å². The second kappa shape index (κ2) is 8.44. The standard InChI is InChI=1S/C13H24N4O2.ClH/c14-10-6-7-17(8-10)9-12(18)16-13(19)15-11-4-2-1-3-5-11;/h10-11H,1-9,14H2,(H2,15,16,18,19);1H/t10-;/m0./s1. The summed E-state index contributed by atoms with van der Waals surface area (Å²) in [5.41, 5.74) is 5.77. The number of hydrogen-bond donors (Lipinski definition) is 3. The number of hydrogen-bond acceptors (Lipinski definition) is 4. The van der Waals surface area contributed by atoms with Crippen LogP contribution < -0.4 is 16.4 Å². The Hall–Kier alpha value is -0.850. The Morgan fingerprint density at radius 2 is 1.85 bits per heavy atom. The predicted octanol–water partition coefficient (Wildman–Crippen LogP) is 0.600. The smallest absolute Gasteiger partial charge is 0.321 e. The highest BCUT2D eigenvalue weighted by Crippen LogP contribution is 2.17. The molecule has 1 heterocycles. The molecular formula is C13H25ClN4O2. The van der Waals surface area contributed by atoms with Gasteiger partial charge < -0.3 is 11.1 Å². The second-order valence-corrected chi connectivity index (χ2v) is 5.64. The van der Waals surface area contributed by atoms with Crippen molar-refractivity contribution in [3.8, 4) is 0 Å². The van der Waals surface area contributed by atoms with E-state index in [1.165, 1.54) is 6.42 Å². The monoisotopic (exact) mass is 304 g/mol. The van der Waals surface area contributed by atoms with Crippen LogP contribution in [-0.2, 0) is 4.79 Å². The summed E-state index contributed by atoms with van der Waals surface area (Å²) < 4.78 is 0. The molecule has 1 saturated heterocycles. The average molecular weight is 305 g/mol. The van der Waals surface area contributed by atoms with Crippen molar-refractivity contribution in [2.75, 3.05) is 19.6 Å². The lowest BCUT2D eigenvalue weighted by Crippen LogP contribution is -2.48. The summed E-state index contributed by atoms with van der Waals surface area (Å²) in [6.45, 7) is 1.82. The Morgan fingerprint density at radius 1 is 1.15 bits per heavy atom. The molecule has 1 aliphatic carbocycles. The van der Waals surface area contributed by atoms with Crippen LogP contribution in [0.5, 0.6) is 0 Å². The molecule has 2 aliphatic rings. The topological polar surface area (TPSA) is 87.5 Å². The molecule has 0 aromatic rings. The molecule has 116 valence electrons. The molecule has 1 saturated carbocycles. The van der Waals surface area contributed by atoms with E-state index < -0.39 is 0 Å². The van der Waals surface area contributed by atoms with Crippen molar-refractivity contribution in [2.24, 2.45) is 5.73 Å². The molecule has 3 amide bonds. The molecule has 0 bridgehead atoms. The number of amides is 3. The van der Waals surface area contributed by atoms with E-state index in [0.29, 0.717) is 0 Å². The van der Waals surface area contributed by atoms with Gasteiger partial charge in [0.25, 0.3) is 0 Å². The first-order valence-corrected chi connectivity index (χ1v) is 7.22. The Labute approximate surface area is 126 Å². The fourth-order valence-corrected chi connectivity index (χ4v) is 2.84. The van der Waals surface area contributed by atoms with E-state index in [1.807, 2.05) is 4.90 Å². The summed E-state index contributed by atoms with van der Waals surface area (Å²) in [6, 6.07) is 0.0195. The SMILES string of the molecule is Cl.N[C@H]1CCN(CC(=O)NC(=O)NC2CCCCC2)C1. The van der Waals surface area contributed by atoms with Crippen molar-refractivity contribution < 1.29 is 9.59 Å². The maximum Gasteiger partial charge on any atom is 0.321 e. The van der Waals surface area contributed by atoms with Gasteiger partial charge in [0.1, 0.15) is 0 Å². The number of halogens is 1. The zero-order valence-electron chi connectivity index (χ0n) is 11.8. The molecule has 0 radical (unpaired) electrons. The molecule has 0 aromatic carbocycles. The molecule has 2 fully saturated rings. The van der Waals surface area contributed by atoms with Crippen LogP contribution in [0.3, 0.4) is 0 Å². The van der Waals surface area contributed by atoms with Gasteiger partial charge in [-0.25, -0.2) is 4.79 Å². The van der Waals surface area contributed by atoms with Crippen LogP contribution in [0.1, 0.15) is 38.5 Å². The van der Waals surface area contributed by atoms with Gasteiger partial charge in [0.2, 0.25) is 5.91 Å². The highest BCUT2D eigenvalue weighted by atomic mass is 35.5. The molecular weight excluding hydrogens is 280 g/mol. The zero-order chi connectivity index (χ0) is 13.7. The Balaban J connectivity index is 0.00000200. The summed E-state index contributed by atoms with van der Waals surface area (Å²) in [6.07, 6.45) is 6.51. The molecule has 0 unspecified atom stereocenters. The number of carbonyl (C=O) groups is 2.